The predicted octanol–water partition coefficient (Wildman–Crippen LogP) is 2.46. The first-order valence-corrected chi connectivity index (χ1v) is 10.5. The molecule has 0 aromatic carbocycles. The first-order chi connectivity index (χ1) is 15.0. The minimum absolute atomic E-state index is 0.135. The van der Waals surface area contributed by atoms with Crippen LogP contribution in [0, 0.1) is 5.92 Å². The molecule has 1 aliphatic heterocycles. The maximum absolute atomic E-state index is 13.0. The third kappa shape index (κ3) is 4.63. The van der Waals surface area contributed by atoms with Crippen molar-refractivity contribution >= 4 is 11.8 Å². The highest BCUT2D eigenvalue weighted by atomic mass is 16.2. The van der Waals surface area contributed by atoms with Crippen LogP contribution in [-0.2, 0) is 26.1 Å². The van der Waals surface area contributed by atoms with E-state index in [1.165, 1.54) is 0 Å². The summed E-state index contributed by atoms with van der Waals surface area (Å²) < 4.78 is 1.93. The minimum Gasteiger partial charge on any atom is -0.346 e. The lowest BCUT2D eigenvalue weighted by Gasteiger charge is -2.27. The Labute approximate surface area is 181 Å². The number of fused-ring (bicyclic) bond motifs is 1. The van der Waals surface area contributed by atoms with E-state index in [0.717, 1.165) is 23.4 Å². The van der Waals surface area contributed by atoms with Gasteiger partial charge in [0.2, 0.25) is 0 Å². The standard InChI is InChI=1S/C23H26N6O2/c1-16(2)14-29-20-8-11-28(23(31)19-7-3-4-10-25-19)15-18(20)21(27-29)22(30)26-13-17-6-5-9-24-12-17/h3-7,9-10,12,16H,8,11,13-15H2,1-2H3,(H,26,30). The zero-order chi connectivity index (χ0) is 21.8. The zero-order valence-corrected chi connectivity index (χ0v) is 17.8. The molecular weight excluding hydrogens is 392 g/mol. The molecule has 0 spiro atoms. The molecule has 0 aliphatic carbocycles. The normalized spacial score (nSPS) is 13.2. The molecule has 3 aromatic rings. The quantitative estimate of drug-likeness (QED) is 0.664. The van der Waals surface area contributed by atoms with Crippen molar-refractivity contribution in [3.63, 3.8) is 0 Å². The lowest BCUT2D eigenvalue weighted by Crippen LogP contribution is -2.37. The molecule has 0 fully saturated rings. The Morgan fingerprint density at radius 2 is 2.03 bits per heavy atom. The Morgan fingerprint density at radius 3 is 2.74 bits per heavy atom. The van der Waals surface area contributed by atoms with Gasteiger partial charge in [0.05, 0.1) is 6.54 Å². The third-order valence-electron chi connectivity index (χ3n) is 5.23. The van der Waals surface area contributed by atoms with Gasteiger partial charge in [-0.1, -0.05) is 26.0 Å². The number of pyridine rings is 2. The van der Waals surface area contributed by atoms with E-state index >= 15 is 0 Å². The van der Waals surface area contributed by atoms with E-state index in [2.05, 4.69) is 34.2 Å². The van der Waals surface area contributed by atoms with E-state index in [9.17, 15) is 9.59 Å². The molecule has 3 aromatic heterocycles. The fourth-order valence-electron chi connectivity index (χ4n) is 3.76. The molecule has 8 nitrogen and oxygen atoms in total. The number of hydrogen-bond donors (Lipinski definition) is 1. The summed E-state index contributed by atoms with van der Waals surface area (Å²) in [6, 6.07) is 9.04. The summed E-state index contributed by atoms with van der Waals surface area (Å²) in [4.78, 5) is 35.9. The molecule has 31 heavy (non-hydrogen) atoms. The van der Waals surface area contributed by atoms with E-state index in [4.69, 9.17) is 0 Å². The second-order valence-electron chi connectivity index (χ2n) is 8.09. The number of carbonyl (C=O) groups excluding carboxylic acids is 2. The fraction of sp³-hybridized carbons (Fsp3) is 0.348. The number of carbonyl (C=O) groups is 2. The van der Waals surface area contributed by atoms with E-state index in [0.29, 0.717) is 43.4 Å². The number of rotatable bonds is 6. The average Bonchev–Trinajstić information content (AvgIpc) is 3.15. The van der Waals surface area contributed by atoms with Crippen LogP contribution in [0.15, 0.2) is 48.9 Å². The molecular formula is C23H26N6O2. The van der Waals surface area contributed by atoms with Gasteiger partial charge in [-0.15, -0.1) is 0 Å². The highest BCUT2D eigenvalue weighted by Gasteiger charge is 2.31. The minimum atomic E-state index is -0.241. The Balaban J connectivity index is 1.58. The van der Waals surface area contributed by atoms with Crippen LogP contribution in [-0.4, -0.2) is 43.0 Å². The van der Waals surface area contributed by atoms with Crippen molar-refractivity contribution in [1.82, 2.24) is 30.0 Å². The van der Waals surface area contributed by atoms with Crippen molar-refractivity contribution < 1.29 is 9.59 Å². The summed E-state index contributed by atoms with van der Waals surface area (Å²) in [6.07, 6.45) is 5.69. The number of hydrogen-bond acceptors (Lipinski definition) is 5. The number of amides is 2. The van der Waals surface area contributed by atoms with Gasteiger partial charge < -0.3 is 10.2 Å². The number of nitrogens with zero attached hydrogens (tertiary/aromatic N) is 5. The predicted molar refractivity (Wildman–Crippen MR) is 115 cm³/mol. The lowest BCUT2D eigenvalue weighted by atomic mass is 10.0. The van der Waals surface area contributed by atoms with Crippen LogP contribution in [0.1, 0.15) is 51.6 Å². The second-order valence-corrected chi connectivity index (χ2v) is 8.09. The van der Waals surface area contributed by atoms with Gasteiger partial charge in [-0.05, 0) is 29.7 Å². The molecule has 4 rings (SSSR count). The SMILES string of the molecule is CC(C)Cn1nc(C(=O)NCc2cccnc2)c2c1CCN(C(=O)c1ccccn1)C2. The van der Waals surface area contributed by atoms with Gasteiger partial charge in [0, 0.05) is 55.9 Å². The lowest BCUT2D eigenvalue weighted by molar-refractivity contribution is 0.0724. The monoisotopic (exact) mass is 418 g/mol. The molecule has 0 atom stereocenters. The summed E-state index contributed by atoms with van der Waals surface area (Å²) in [7, 11) is 0. The number of nitrogens with one attached hydrogen (secondary N) is 1. The Bertz CT molecular complexity index is 1060. The van der Waals surface area contributed by atoms with E-state index in [-0.39, 0.29) is 11.8 Å². The maximum Gasteiger partial charge on any atom is 0.272 e. The highest BCUT2D eigenvalue weighted by molar-refractivity contribution is 5.95. The van der Waals surface area contributed by atoms with Gasteiger partial charge in [-0.25, -0.2) is 0 Å². The maximum atomic E-state index is 13.0. The van der Waals surface area contributed by atoms with E-state index in [1.807, 2.05) is 16.8 Å². The van der Waals surface area contributed by atoms with Crippen LogP contribution in [0.25, 0.3) is 0 Å². The molecule has 2 amide bonds. The summed E-state index contributed by atoms with van der Waals surface area (Å²) in [5.74, 6) is 0.0165. The van der Waals surface area contributed by atoms with Crippen LogP contribution in [0.5, 0.6) is 0 Å². The molecule has 0 unspecified atom stereocenters. The van der Waals surface area contributed by atoms with Gasteiger partial charge in [0.1, 0.15) is 5.69 Å². The molecule has 0 radical (unpaired) electrons. The van der Waals surface area contributed by atoms with Gasteiger partial charge in [0.15, 0.2) is 5.69 Å². The van der Waals surface area contributed by atoms with Crippen LogP contribution in [0.4, 0.5) is 0 Å². The Kier molecular flexibility index (Phi) is 6.06. The molecule has 8 heteroatoms. The van der Waals surface area contributed by atoms with Crippen molar-refractivity contribution in [3.8, 4) is 0 Å². The van der Waals surface area contributed by atoms with Crippen molar-refractivity contribution in [2.45, 2.75) is 39.9 Å². The van der Waals surface area contributed by atoms with E-state index < -0.39 is 0 Å². The first-order valence-electron chi connectivity index (χ1n) is 10.5. The highest BCUT2D eigenvalue weighted by Crippen LogP contribution is 2.25. The Morgan fingerprint density at radius 1 is 1.16 bits per heavy atom. The topological polar surface area (TPSA) is 93.0 Å². The van der Waals surface area contributed by atoms with Gasteiger partial charge >= 0.3 is 0 Å². The van der Waals surface area contributed by atoms with Gasteiger partial charge in [0.25, 0.3) is 11.8 Å². The molecule has 1 aliphatic rings. The third-order valence-corrected chi connectivity index (χ3v) is 5.23. The summed E-state index contributed by atoms with van der Waals surface area (Å²) in [5, 5.41) is 7.58. The first kappa shape index (κ1) is 20.7. The van der Waals surface area contributed by atoms with Crippen molar-refractivity contribution in [2.24, 2.45) is 5.92 Å². The van der Waals surface area contributed by atoms with Crippen molar-refractivity contribution in [3.05, 3.63) is 77.1 Å². The van der Waals surface area contributed by atoms with Crippen LogP contribution >= 0.6 is 0 Å². The smallest absolute Gasteiger partial charge is 0.272 e. The van der Waals surface area contributed by atoms with Crippen LogP contribution in [0.2, 0.25) is 0 Å². The molecule has 0 saturated heterocycles. The molecule has 4 heterocycles. The Hall–Kier alpha value is -3.55. The van der Waals surface area contributed by atoms with Crippen LogP contribution in [0.3, 0.4) is 0 Å². The average molecular weight is 419 g/mol. The van der Waals surface area contributed by atoms with E-state index in [1.54, 1.807) is 41.7 Å². The van der Waals surface area contributed by atoms with Gasteiger partial charge in [-0.2, -0.15) is 5.10 Å². The van der Waals surface area contributed by atoms with Crippen molar-refractivity contribution in [1.29, 1.82) is 0 Å². The summed E-state index contributed by atoms with van der Waals surface area (Å²) in [6.45, 7) is 6.26. The summed E-state index contributed by atoms with van der Waals surface area (Å²) >= 11 is 0. The van der Waals surface area contributed by atoms with Crippen molar-refractivity contribution in [2.75, 3.05) is 6.54 Å². The number of aromatic nitrogens is 4. The largest absolute Gasteiger partial charge is 0.346 e. The van der Waals surface area contributed by atoms with Gasteiger partial charge in [-0.3, -0.25) is 24.2 Å². The molecule has 1 N–H and O–H groups in total. The fourth-order valence-corrected chi connectivity index (χ4v) is 3.76. The second kappa shape index (κ2) is 9.07. The molecule has 160 valence electrons. The zero-order valence-electron chi connectivity index (χ0n) is 17.8. The summed E-state index contributed by atoms with van der Waals surface area (Å²) in [5.41, 5.74) is 3.56. The molecule has 0 saturated carbocycles. The van der Waals surface area contributed by atoms with Crippen LogP contribution < -0.4 is 5.32 Å². The molecule has 0 bridgehead atoms.